The topological polar surface area (TPSA) is 78.0 Å². The first-order valence-corrected chi connectivity index (χ1v) is 8.77. The largest absolute Gasteiger partial charge is 0.342 e. The molecule has 1 saturated heterocycles. The highest BCUT2D eigenvalue weighted by atomic mass is 32.2. The number of nitrogens with zero attached hydrogens (tertiary/aromatic N) is 3. The second kappa shape index (κ2) is 7.10. The molecule has 23 heavy (non-hydrogen) atoms. The van der Waals surface area contributed by atoms with Crippen LogP contribution >= 0.6 is 0 Å². The third-order valence-corrected chi connectivity index (χ3v) is 5.70. The summed E-state index contributed by atoms with van der Waals surface area (Å²) < 4.78 is 25.1. The van der Waals surface area contributed by atoms with Crippen molar-refractivity contribution in [3.63, 3.8) is 0 Å². The van der Waals surface area contributed by atoms with Gasteiger partial charge in [0.05, 0.1) is 11.3 Å². The van der Waals surface area contributed by atoms with Gasteiger partial charge in [-0.1, -0.05) is 12.1 Å². The van der Waals surface area contributed by atoms with E-state index in [0.717, 1.165) is 16.3 Å². The molecule has 1 aliphatic rings. The standard InChI is InChI=1S/C15H21N3O4S/c1-16(2)23(21,22)14-5-3-13(4-6-14)11-15(20)18-9-7-17(12-19)8-10-18/h3-6,12H,7-11H2,1-2H3. The smallest absolute Gasteiger partial charge is 0.242 e. The van der Waals surface area contributed by atoms with Crippen molar-refractivity contribution >= 4 is 22.3 Å². The molecule has 0 spiro atoms. The average molecular weight is 339 g/mol. The van der Waals surface area contributed by atoms with Crippen LogP contribution in [0.1, 0.15) is 5.56 Å². The number of piperazine rings is 1. The van der Waals surface area contributed by atoms with Crippen LogP contribution < -0.4 is 0 Å². The maximum atomic E-state index is 12.2. The molecule has 0 aliphatic carbocycles. The van der Waals surface area contributed by atoms with Gasteiger partial charge in [0.1, 0.15) is 0 Å². The lowest BCUT2D eigenvalue weighted by Crippen LogP contribution is -2.48. The molecule has 2 amide bonds. The lowest BCUT2D eigenvalue weighted by molar-refractivity contribution is -0.134. The number of hydrogen-bond donors (Lipinski definition) is 0. The van der Waals surface area contributed by atoms with Gasteiger partial charge < -0.3 is 9.80 Å². The number of rotatable bonds is 5. The highest BCUT2D eigenvalue weighted by Crippen LogP contribution is 2.15. The summed E-state index contributed by atoms with van der Waals surface area (Å²) >= 11 is 0. The Kier molecular flexibility index (Phi) is 5.38. The van der Waals surface area contributed by atoms with Crippen LogP contribution in [0.25, 0.3) is 0 Å². The fourth-order valence-electron chi connectivity index (χ4n) is 2.35. The summed E-state index contributed by atoms with van der Waals surface area (Å²) in [6, 6.07) is 6.36. The normalized spacial score (nSPS) is 15.8. The van der Waals surface area contributed by atoms with Gasteiger partial charge in [-0.05, 0) is 17.7 Å². The quantitative estimate of drug-likeness (QED) is 0.695. The molecule has 0 radical (unpaired) electrons. The number of sulfonamides is 1. The van der Waals surface area contributed by atoms with E-state index in [4.69, 9.17) is 0 Å². The van der Waals surface area contributed by atoms with E-state index < -0.39 is 10.0 Å². The Bertz CT molecular complexity index is 662. The van der Waals surface area contributed by atoms with Gasteiger partial charge in [-0.25, -0.2) is 12.7 Å². The number of carbonyl (C=O) groups is 2. The van der Waals surface area contributed by atoms with Crippen molar-refractivity contribution in [2.24, 2.45) is 0 Å². The molecular weight excluding hydrogens is 318 g/mol. The summed E-state index contributed by atoms with van der Waals surface area (Å²) in [4.78, 5) is 26.5. The maximum absolute atomic E-state index is 12.2. The third-order valence-electron chi connectivity index (χ3n) is 3.87. The van der Waals surface area contributed by atoms with Crippen LogP contribution in [0.4, 0.5) is 0 Å². The molecular formula is C15H21N3O4S. The lowest BCUT2D eigenvalue weighted by Gasteiger charge is -2.32. The van der Waals surface area contributed by atoms with Crippen molar-refractivity contribution in [1.29, 1.82) is 0 Å². The minimum absolute atomic E-state index is 0.0150. The van der Waals surface area contributed by atoms with E-state index >= 15 is 0 Å². The van der Waals surface area contributed by atoms with Crippen LogP contribution in [0.3, 0.4) is 0 Å². The van der Waals surface area contributed by atoms with E-state index in [1.54, 1.807) is 21.9 Å². The second-order valence-corrected chi connectivity index (χ2v) is 7.78. The second-order valence-electron chi connectivity index (χ2n) is 5.63. The molecule has 7 nitrogen and oxygen atoms in total. The molecule has 126 valence electrons. The van der Waals surface area contributed by atoms with E-state index in [9.17, 15) is 18.0 Å². The van der Waals surface area contributed by atoms with Gasteiger partial charge in [0.15, 0.2) is 0 Å². The van der Waals surface area contributed by atoms with E-state index in [2.05, 4.69) is 0 Å². The number of benzene rings is 1. The SMILES string of the molecule is CN(C)S(=O)(=O)c1ccc(CC(=O)N2CCN(C=O)CC2)cc1. The predicted molar refractivity (Wildman–Crippen MR) is 85.2 cm³/mol. The van der Waals surface area contributed by atoms with Gasteiger partial charge >= 0.3 is 0 Å². The van der Waals surface area contributed by atoms with Gasteiger partial charge in [-0.3, -0.25) is 9.59 Å². The predicted octanol–water partition coefficient (Wildman–Crippen LogP) is -0.220. The summed E-state index contributed by atoms with van der Waals surface area (Å²) in [7, 11) is -0.496. The highest BCUT2D eigenvalue weighted by molar-refractivity contribution is 7.89. The van der Waals surface area contributed by atoms with Crippen molar-refractivity contribution in [2.75, 3.05) is 40.3 Å². The Hall–Kier alpha value is -1.93. The van der Waals surface area contributed by atoms with Gasteiger partial charge in [-0.15, -0.1) is 0 Å². The van der Waals surface area contributed by atoms with Crippen molar-refractivity contribution in [3.05, 3.63) is 29.8 Å². The molecule has 1 fully saturated rings. The Morgan fingerprint density at radius 3 is 2.17 bits per heavy atom. The van der Waals surface area contributed by atoms with Crippen LogP contribution in [0.5, 0.6) is 0 Å². The van der Waals surface area contributed by atoms with Gasteiger partial charge in [0, 0.05) is 40.3 Å². The Morgan fingerprint density at radius 2 is 1.70 bits per heavy atom. The van der Waals surface area contributed by atoms with Gasteiger partial charge in [-0.2, -0.15) is 0 Å². The Balaban J connectivity index is 1.99. The summed E-state index contributed by atoms with van der Waals surface area (Å²) in [5, 5.41) is 0. The molecule has 0 bridgehead atoms. The highest BCUT2D eigenvalue weighted by Gasteiger charge is 2.21. The fraction of sp³-hybridized carbons (Fsp3) is 0.467. The first kappa shape index (κ1) is 17.4. The van der Waals surface area contributed by atoms with Crippen molar-refractivity contribution < 1.29 is 18.0 Å². The molecule has 1 heterocycles. The molecule has 8 heteroatoms. The zero-order valence-corrected chi connectivity index (χ0v) is 14.1. The molecule has 0 aromatic heterocycles. The monoisotopic (exact) mass is 339 g/mol. The van der Waals surface area contributed by atoms with E-state index in [1.807, 2.05) is 0 Å². The zero-order chi connectivity index (χ0) is 17.0. The lowest BCUT2D eigenvalue weighted by atomic mass is 10.1. The maximum Gasteiger partial charge on any atom is 0.242 e. The summed E-state index contributed by atoms with van der Waals surface area (Å²) in [6.45, 7) is 2.17. The van der Waals surface area contributed by atoms with Gasteiger partial charge in [0.2, 0.25) is 22.3 Å². The third kappa shape index (κ3) is 4.08. The van der Waals surface area contributed by atoms with Crippen LogP contribution in [-0.4, -0.2) is 75.1 Å². The number of carbonyl (C=O) groups excluding carboxylic acids is 2. The van der Waals surface area contributed by atoms with Crippen LogP contribution in [0.15, 0.2) is 29.2 Å². The molecule has 0 N–H and O–H groups in total. The van der Waals surface area contributed by atoms with E-state index in [-0.39, 0.29) is 17.2 Å². The minimum Gasteiger partial charge on any atom is -0.342 e. The van der Waals surface area contributed by atoms with Crippen molar-refractivity contribution in [1.82, 2.24) is 14.1 Å². The van der Waals surface area contributed by atoms with Crippen LogP contribution in [0.2, 0.25) is 0 Å². The molecule has 2 rings (SSSR count). The van der Waals surface area contributed by atoms with Gasteiger partial charge in [0.25, 0.3) is 0 Å². The fourth-order valence-corrected chi connectivity index (χ4v) is 3.25. The first-order valence-electron chi connectivity index (χ1n) is 7.33. The molecule has 1 aromatic carbocycles. The van der Waals surface area contributed by atoms with Crippen LogP contribution in [0, 0.1) is 0 Å². The Labute approximate surface area is 136 Å². The molecule has 0 atom stereocenters. The van der Waals surface area contributed by atoms with E-state index in [1.165, 1.54) is 26.2 Å². The summed E-state index contributed by atoms with van der Waals surface area (Å²) in [5.41, 5.74) is 0.769. The molecule has 0 unspecified atom stereocenters. The first-order chi connectivity index (χ1) is 10.8. The average Bonchev–Trinajstić information content (AvgIpc) is 2.55. The molecule has 1 aliphatic heterocycles. The number of amides is 2. The summed E-state index contributed by atoms with van der Waals surface area (Å²) in [5.74, 6) is -0.0150. The minimum atomic E-state index is -3.45. The number of hydrogen-bond acceptors (Lipinski definition) is 4. The Morgan fingerprint density at radius 1 is 1.13 bits per heavy atom. The zero-order valence-electron chi connectivity index (χ0n) is 13.3. The van der Waals surface area contributed by atoms with Crippen molar-refractivity contribution in [2.45, 2.75) is 11.3 Å². The molecule has 0 saturated carbocycles. The molecule has 1 aromatic rings. The summed E-state index contributed by atoms with van der Waals surface area (Å²) in [6.07, 6.45) is 1.02. The van der Waals surface area contributed by atoms with E-state index in [0.29, 0.717) is 26.2 Å². The van der Waals surface area contributed by atoms with Crippen molar-refractivity contribution in [3.8, 4) is 0 Å². The van der Waals surface area contributed by atoms with Crippen LogP contribution in [-0.2, 0) is 26.0 Å².